The number of halogens is 4. The van der Waals surface area contributed by atoms with Gasteiger partial charge in [-0.15, -0.1) is 12.4 Å². The van der Waals surface area contributed by atoms with E-state index in [-0.39, 0.29) is 56.6 Å². The van der Waals surface area contributed by atoms with E-state index in [1.165, 1.54) is 7.11 Å². The number of alkyl carbamates (subject to hydrolysis) is 1. The Morgan fingerprint density at radius 3 is 2.44 bits per heavy atom. The Balaban J connectivity index is 0.00000533. The fourth-order valence-electron chi connectivity index (χ4n) is 5.19. The van der Waals surface area contributed by atoms with Crippen LogP contribution in [0.3, 0.4) is 0 Å². The molecule has 1 fully saturated rings. The molecule has 220 valence electrons. The number of aliphatic hydroxyl groups is 1. The lowest BCUT2D eigenvalue weighted by Crippen LogP contribution is -2.57. The Morgan fingerprint density at radius 2 is 1.87 bits per heavy atom. The van der Waals surface area contributed by atoms with Gasteiger partial charge in [-0.25, -0.2) is 4.79 Å². The van der Waals surface area contributed by atoms with Gasteiger partial charge in [-0.1, -0.05) is 38.5 Å². The average Bonchev–Trinajstić information content (AvgIpc) is 2.79. The predicted octanol–water partition coefficient (Wildman–Crippen LogP) is 3.07. The maximum absolute atomic E-state index is 13.4. The molecule has 1 saturated carbocycles. The smallest absolute Gasteiger partial charge is 0.407 e. The summed E-state index contributed by atoms with van der Waals surface area (Å²) in [4.78, 5) is 39.0. The van der Waals surface area contributed by atoms with Gasteiger partial charge in [0.05, 0.1) is 19.3 Å². The van der Waals surface area contributed by atoms with Crippen molar-refractivity contribution in [3.8, 4) is 0 Å². The van der Waals surface area contributed by atoms with E-state index in [0.717, 1.165) is 11.3 Å². The lowest BCUT2D eigenvalue weighted by molar-refractivity contribution is -0.243. The van der Waals surface area contributed by atoms with E-state index in [1.807, 2.05) is 38.1 Å². The number of nitrogens with zero attached hydrogens (tertiary/aromatic N) is 1. The van der Waals surface area contributed by atoms with E-state index >= 15 is 0 Å². The van der Waals surface area contributed by atoms with E-state index < -0.39 is 47.7 Å². The summed E-state index contributed by atoms with van der Waals surface area (Å²) in [6.45, 7) is 3.46. The van der Waals surface area contributed by atoms with E-state index in [9.17, 15) is 32.7 Å². The number of rotatable bonds is 9. The predicted molar refractivity (Wildman–Crippen MR) is 141 cm³/mol. The topological polar surface area (TPSA) is 134 Å². The van der Waals surface area contributed by atoms with Crippen molar-refractivity contribution in [2.24, 2.45) is 16.6 Å². The number of alkyl halides is 3. The Hall–Kier alpha value is -2.57. The normalized spacial score (nSPS) is 19.9. The van der Waals surface area contributed by atoms with Gasteiger partial charge in [0, 0.05) is 31.2 Å². The summed E-state index contributed by atoms with van der Waals surface area (Å²) in [5.41, 5.74) is 4.72. The Kier molecular flexibility index (Phi) is 10.7. The molecule has 0 aromatic heterocycles. The number of nitrogens with one attached hydrogen (secondary N) is 2. The van der Waals surface area contributed by atoms with Crippen LogP contribution in [0.5, 0.6) is 0 Å². The molecule has 13 heteroatoms. The Morgan fingerprint density at radius 1 is 1.23 bits per heavy atom. The number of para-hydroxylation sites is 1. The van der Waals surface area contributed by atoms with Crippen molar-refractivity contribution in [3.05, 3.63) is 29.8 Å². The third kappa shape index (κ3) is 7.55. The first-order chi connectivity index (χ1) is 17.7. The van der Waals surface area contributed by atoms with Crippen LogP contribution in [-0.4, -0.2) is 67.6 Å². The van der Waals surface area contributed by atoms with Crippen LogP contribution in [0.1, 0.15) is 51.5 Å². The zero-order valence-corrected chi connectivity index (χ0v) is 23.2. The van der Waals surface area contributed by atoms with E-state index in [0.29, 0.717) is 12.8 Å². The highest BCUT2D eigenvalue weighted by atomic mass is 35.5. The molecule has 0 spiro atoms. The van der Waals surface area contributed by atoms with Crippen molar-refractivity contribution in [2.75, 3.05) is 25.1 Å². The molecule has 3 amide bonds. The van der Waals surface area contributed by atoms with Crippen molar-refractivity contribution in [1.82, 2.24) is 10.6 Å². The van der Waals surface area contributed by atoms with Crippen LogP contribution in [0.4, 0.5) is 23.7 Å². The van der Waals surface area contributed by atoms with Crippen LogP contribution in [-0.2, 0) is 20.7 Å². The highest BCUT2D eigenvalue weighted by Gasteiger charge is 2.63. The number of hydrogen-bond donors (Lipinski definition) is 4. The van der Waals surface area contributed by atoms with E-state index in [1.54, 1.807) is 4.90 Å². The summed E-state index contributed by atoms with van der Waals surface area (Å²) >= 11 is 0. The second kappa shape index (κ2) is 12.7. The molecule has 1 heterocycles. The minimum absolute atomic E-state index is 0. The molecule has 3 rings (SSSR count). The van der Waals surface area contributed by atoms with Gasteiger partial charge in [0.25, 0.3) is 0 Å². The minimum atomic E-state index is -4.65. The molecule has 39 heavy (non-hydrogen) atoms. The molecule has 1 unspecified atom stereocenters. The van der Waals surface area contributed by atoms with Crippen LogP contribution < -0.4 is 21.3 Å². The minimum Gasteiger partial charge on any atom is -0.453 e. The van der Waals surface area contributed by atoms with Crippen molar-refractivity contribution in [2.45, 2.75) is 76.7 Å². The van der Waals surface area contributed by atoms with Gasteiger partial charge in [-0.2, -0.15) is 13.2 Å². The van der Waals surface area contributed by atoms with Gasteiger partial charge in [-0.05, 0) is 42.7 Å². The summed E-state index contributed by atoms with van der Waals surface area (Å²) in [7, 11) is 1.27. The summed E-state index contributed by atoms with van der Waals surface area (Å²) < 4.78 is 44.8. The average molecular weight is 579 g/mol. The third-order valence-corrected chi connectivity index (χ3v) is 7.53. The Bertz CT molecular complexity index is 1040. The molecule has 5 N–H and O–H groups in total. The molecule has 2 aliphatic rings. The molecular weight excluding hydrogens is 541 g/mol. The number of amides is 3. The quantitative estimate of drug-likeness (QED) is 0.356. The summed E-state index contributed by atoms with van der Waals surface area (Å²) in [6.07, 6.45) is -5.96. The van der Waals surface area contributed by atoms with Crippen LogP contribution in [0, 0.1) is 10.8 Å². The number of ether oxygens (including phenoxy) is 1. The number of benzene rings is 1. The monoisotopic (exact) mass is 578 g/mol. The van der Waals surface area contributed by atoms with Gasteiger partial charge in [0.2, 0.25) is 11.8 Å². The molecule has 3 atom stereocenters. The molecule has 9 nitrogen and oxygen atoms in total. The second-order valence-corrected chi connectivity index (χ2v) is 11.1. The van der Waals surface area contributed by atoms with Crippen molar-refractivity contribution < 1.29 is 37.4 Å². The fraction of sp³-hybridized carbons (Fsp3) is 0.654. The van der Waals surface area contributed by atoms with Gasteiger partial charge >= 0.3 is 12.3 Å². The molecular formula is C26H38ClF3N4O5. The molecule has 1 aromatic carbocycles. The number of fused-ring (bicyclic) bond motifs is 1. The largest absolute Gasteiger partial charge is 0.453 e. The van der Waals surface area contributed by atoms with Crippen molar-refractivity contribution in [1.29, 1.82) is 0 Å². The number of carbonyl (C=O) groups excluding carboxylic acids is 3. The number of carbonyl (C=O) groups is 3. The lowest BCUT2D eigenvalue weighted by atomic mass is 9.67. The van der Waals surface area contributed by atoms with E-state index in [4.69, 9.17) is 5.73 Å². The third-order valence-electron chi connectivity index (χ3n) is 7.53. The van der Waals surface area contributed by atoms with Gasteiger partial charge in [-0.3, -0.25) is 9.59 Å². The van der Waals surface area contributed by atoms with E-state index in [2.05, 4.69) is 15.4 Å². The highest BCUT2D eigenvalue weighted by Crippen LogP contribution is 2.53. The van der Waals surface area contributed by atoms with Crippen LogP contribution in [0.15, 0.2) is 24.3 Å². The standard InChI is InChI=1S/C26H37F3N4O5.ClH/c1-24(2,12-18(30)20(34)14-31-22(36)25(9-6-10-25)26(27,28)29)13-21(35)33-15-17(32-23(37)38-3)11-16-7-4-5-8-19(16)33;/h4-5,7-8,17-18,20,34H,6,9-15,30H2,1-3H3,(H,31,36)(H,32,37);1H/t17?,18-,20-;/m0./s1. The second-order valence-electron chi connectivity index (χ2n) is 11.1. The summed E-state index contributed by atoms with van der Waals surface area (Å²) in [5.74, 6) is -1.35. The molecule has 0 bridgehead atoms. The fourth-order valence-corrected chi connectivity index (χ4v) is 5.19. The first-order valence-electron chi connectivity index (χ1n) is 12.7. The van der Waals surface area contributed by atoms with Crippen molar-refractivity contribution in [3.63, 3.8) is 0 Å². The van der Waals surface area contributed by atoms with Crippen LogP contribution in [0.2, 0.25) is 0 Å². The number of methoxy groups -OCH3 is 1. The first-order valence-corrected chi connectivity index (χ1v) is 12.7. The molecule has 0 radical (unpaired) electrons. The number of anilines is 1. The van der Waals surface area contributed by atoms with Gasteiger partial charge < -0.3 is 31.1 Å². The maximum Gasteiger partial charge on any atom is 0.407 e. The lowest BCUT2D eigenvalue weighted by Gasteiger charge is -2.41. The molecule has 1 aromatic rings. The molecule has 0 saturated heterocycles. The zero-order chi connectivity index (χ0) is 28.3. The van der Waals surface area contributed by atoms with Crippen LogP contribution in [0.25, 0.3) is 0 Å². The zero-order valence-electron chi connectivity index (χ0n) is 22.3. The van der Waals surface area contributed by atoms with Crippen molar-refractivity contribution >= 4 is 36.0 Å². The summed E-state index contributed by atoms with van der Waals surface area (Å²) in [6, 6.07) is 6.18. The molecule has 1 aliphatic carbocycles. The van der Waals surface area contributed by atoms with Gasteiger partial charge in [0.1, 0.15) is 5.41 Å². The highest BCUT2D eigenvalue weighted by molar-refractivity contribution is 5.95. The number of hydrogen-bond acceptors (Lipinski definition) is 6. The van der Waals surface area contributed by atoms with Crippen LogP contribution >= 0.6 is 12.4 Å². The SMILES string of the molecule is COC(=O)NC1Cc2ccccc2N(C(=O)CC(C)(C)C[C@H](N)[C@@H](O)CNC(=O)C2(C(F)(F)F)CCC2)C1.Cl. The molecule has 1 aliphatic heterocycles. The van der Waals surface area contributed by atoms with Gasteiger partial charge in [0.15, 0.2) is 0 Å². The maximum atomic E-state index is 13.4. The number of aliphatic hydroxyl groups excluding tert-OH is 1. The first kappa shape index (κ1) is 32.6. The summed E-state index contributed by atoms with van der Waals surface area (Å²) in [5, 5.41) is 15.4. The number of nitrogens with two attached hydrogens (primary N) is 1. The Labute approximate surface area is 232 Å².